The second-order valence-electron chi connectivity index (χ2n) is 4.73. The van der Waals surface area contributed by atoms with E-state index in [9.17, 15) is 10.0 Å². The Morgan fingerprint density at radius 2 is 1.94 bits per heavy atom. The highest BCUT2D eigenvalue weighted by atomic mass is 16.5. The van der Waals surface area contributed by atoms with E-state index in [4.69, 9.17) is 9.47 Å². The van der Waals surface area contributed by atoms with Crippen LogP contribution in [-0.4, -0.2) is 37.0 Å². The molecule has 1 aromatic carbocycles. The van der Waals surface area contributed by atoms with Crippen LogP contribution in [0.1, 0.15) is 19.4 Å². The molecule has 1 rings (SSSR count). The van der Waals surface area contributed by atoms with E-state index in [0.717, 1.165) is 5.56 Å². The minimum Gasteiger partial charge on any atom is -0.492 e. The van der Waals surface area contributed by atoms with Crippen LogP contribution < -0.4 is 10.2 Å². The van der Waals surface area contributed by atoms with Gasteiger partial charge in [0.25, 0.3) is 0 Å². The van der Waals surface area contributed by atoms with Gasteiger partial charge in [0.05, 0.1) is 6.61 Å². The first-order chi connectivity index (χ1) is 8.50. The van der Waals surface area contributed by atoms with Crippen LogP contribution in [0.5, 0.6) is 5.75 Å². The number of rotatable bonds is 7. The molecule has 5 heteroatoms. The summed E-state index contributed by atoms with van der Waals surface area (Å²) in [6.45, 7) is 7.65. The van der Waals surface area contributed by atoms with Crippen LogP contribution in [0, 0.1) is 12.8 Å². The molecule has 0 saturated carbocycles. The van der Waals surface area contributed by atoms with Gasteiger partial charge in [-0.15, -0.1) is 0 Å². The van der Waals surface area contributed by atoms with Crippen molar-refractivity contribution in [3.63, 3.8) is 0 Å². The highest BCUT2D eigenvalue weighted by Crippen LogP contribution is 2.10. The lowest BCUT2D eigenvalue weighted by atomic mass is 9.79. The van der Waals surface area contributed by atoms with Crippen LogP contribution in [0.4, 0.5) is 0 Å². The number of hydrogen-bond acceptors (Lipinski definition) is 4. The fraction of sp³-hybridized carbons (Fsp3) is 0.538. The van der Waals surface area contributed by atoms with Crippen molar-refractivity contribution in [1.82, 2.24) is 0 Å². The Morgan fingerprint density at radius 1 is 1.22 bits per heavy atom. The Morgan fingerprint density at radius 3 is 2.56 bits per heavy atom. The summed E-state index contributed by atoms with van der Waals surface area (Å²) < 4.78 is 10.9. The van der Waals surface area contributed by atoms with E-state index in [1.165, 1.54) is 0 Å². The molecule has 18 heavy (non-hydrogen) atoms. The lowest BCUT2D eigenvalue weighted by Gasteiger charge is -2.12. The minimum absolute atomic E-state index is 0.388. The van der Waals surface area contributed by atoms with Gasteiger partial charge < -0.3 is 19.5 Å². The molecular formula is C13H21BO4. The molecule has 1 aromatic rings. The lowest BCUT2D eigenvalue weighted by Crippen LogP contribution is -2.32. The van der Waals surface area contributed by atoms with Crippen LogP contribution in [0.3, 0.4) is 0 Å². The largest absolute Gasteiger partial charge is 0.492 e. The van der Waals surface area contributed by atoms with Gasteiger partial charge in [0, 0.05) is 12.1 Å². The van der Waals surface area contributed by atoms with Crippen molar-refractivity contribution in [3.8, 4) is 5.75 Å². The van der Waals surface area contributed by atoms with Crippen molar-refractivity contribution in [3.05, 3.63) is 23.8 Å². The summed E-state index contributed by atoms with van der Waals surface area (Å²) in [7, 11) is -1.52. The van der Waals surface area contributed by atoms with E-state index in [1.807, 2.05) is 13.0 Å². The summed E-state index contributed by atoms with van der Waals surface area (Å²) in [4.78, 5) is 0. The molecule has 0 aromatic heterocycles. The van der Waals surface area contributed by atoms with Crippen LogP contribution in [0.15, 0.2) is 18.2 Å². The zero-order chi connectivity index (χ0) is 13.5. The van der Waals surface area contributed by atoms with Gasteiger partial charge in [-0.25, -0.2) is 0 Å². The minimum atomic E-state index is -1.52. The van der Waals surface area contributed by atoms with E-state index in [1.54, 1.807) is 12.1 Å². The highest BCUT2D eigenvalue weighted by molar-refractivity contribution is 6.59. The molecule has 0 aliphatic rings. The second-order valence-corrected chi connectivity index (χ2v) is 4.73. The fourth-order valence-electron chi connectivity index (χ4n) is 1.53. The molecule has 0 saturated heterocycles. The summed E-state index contributed by atoms with van der Waals surface area (Å²) in [6.07, 6.45) is 0. The fourth-order valence-corrected chi connectivity index (χ4v) is 1.53. The van der Waals surface area contributed by atoms with Crippen molar-refractivity contribution < 1.29 is 19.5 Å². The molecule has 0 spiro atoms. The predicted molar refractivity (Wildman–Crippen MR) is 72.2 cm³/mol. The third-order valence-electron chi connectivity index (χ3n) is 2.38. The average Bonchev–Trinajstić information content (AvgIpc) is 2.29. The summed E-state index contributed by atoms with van der Waals surface area (Å²) in [6, 6.07) is 5.32. The van der Waals surface area contributed by atoms with E-state index in [-0.39, 0.29) is 0 Å². The van der Waals surface area contributed by atoms with Crippen LogP contribution in [0.25, 0.3) is 0 Å². The van der Waals surface area contributed by atoms with Gasteiger partial charge in [-0.2, -0.15) is 0 Å². The molecule has 0 atom stereocenters. The molecule has 0 radical (unpaired) electrons. The second kappa shape index (κ2) is 7.41. The molecule has 0 aliphatic carbocycles. The SMILES string of the molecule is Cc1ccc(OCCOCC(C)C)c(B(O)O)c1. The molecule has 4 nitrogen and oxygen atoms in total. The van der Waals surface area contributed by atoms with Gasteiger partial charge in [0.15, 0.2) is 0 Å². The number of benzene rings is 1. The maximum atomic E-state index is 9.25. The molecule has 2 N–H and O–H groups in total. The van der Waals surface area contributed by atoms with Crippen LogP contribution >= 0.6 is 0 Å². The smallest absolute Gasteiger partial charge is 0.492 e. The lowest BCUT2D eigenvalue weighted by molar-refractivity contribution is 0.0821. The van der Waals surface area contributed by atoms with Gasteiger partial charge in [-0.3, -0.25) is 0 Å². The van der Waals surface area contributed by atoms with Crippen molar-refractivity contribution in [2.45, 2.75) is 20.8 Å². The standard InChI is InChI=1S/C13H21BO4/c1-10(2)9-17-6-7-18-13-5-4-11(3)8-12(13)14(15)16/h4-5,8,10,15-16H,6-7,9H2,1-3H3. The topological polar surface area (TPSA) is 58.9 Å². The molecule has 0 amide bonds. The third-order valence-corrected chi connectivity index (χ3v) is 2.38. The number of ether oxygens (including phenoxy) is 2. The maximum absolute atomic E-state index is 9.25. The predicted octanol–water partition coefficient (Wildman–Crippen LogP) is 0.726. The molecule has 0 aliphatic heterocycles. The Hall–Kier alpha value is -1.04. The summed E-state index contributed by atoms with van der Waals surface area (Å²) >= 11 is 0. The summed E-state index contributed by atoms with van der Waals surface area (Å²) in [5, 5.41) is 18.5. The Kier molecular flexibility index (Phi) is 6.19. The Balaban J connectivity index is 2.46. The number of hydrogen-bond donors (Lipinski definition) is 2. The van der Waals surface area contributed by atoms with Gasteiger partial charge in [0.2, 0.25) is 0 Å². The summed E-state index contributed by atoms with van der Waals surface area (Å²) in [5.41, 5.74) is 1.35. The Labute approximate surface area is 109 Å². The average molecular weight is 252 g/mol. The molecule has 0 heterocycles. The molecule has 0 unspecified atom stereocenters. The molecule has 0 bridgehead atoms. The van der Waals surface area contributed by atoms with Crippen LogP contribution in [0.2, 0.25) is 0 Å². The maximum Gasteiger partial charge on any atom is 0.492 e. The van der Waals surface area contributed by atoms with Gasteiger partial charge in [-0.1, -0.05) is 31.5 Å². The quantitative estimate of drug-likeness (QED) is 0.554. The Bertz CT molecular complexity index is 366. The van der Waals surface area contributed by atoms with Crippen molar-refractivity contribution in [2.24, 2.45) is 5.92 Å². The van der Waals surface area contributed by atoms with E-state index < -0.39 is 7.12 Å². The van der Waals surface area contributed by atoms with Crippen molar-refractivity contribution in [2.75, 3.05) is 19.8 Å². The first-order valence-electron chi connectivity index (χ1n) is 6.18. The monoisotopic (exact) mass is 252 g/mol. The summed E-state index contributed by atoms with van der Waals surface area (Å²) in [5.74, 6) is 0.989. The molecular weight excluding hydrogens is 231 g/mol. The number of aryl methyl sites for hydroxylation is 1. The molecule has 0 fully saturated rings. The van der Waals surface area contributed by atoms with E-state index in [2.05, 4.69) is 13.8 Å². The van der Waals surface area contributed by atoms with E-state index >= 15 is 0 Å². The zero-order valence-electron chi connectivity index (χ0n) is 11.2. The molecule has 100 valence electrons. The first kappa shape index (κ1) is 15.0. The van der Waals surface area contributed by atoms with E-state index in [0.29, 0.717) is 37.0 Å². The van der Waals surface area contributed by atoms with Crippen molar-refractivity contribution >= 4 is 12.6 Å². The van der Waals surface area contributed by atoms with Gasteiger partial charge >= 0.3 is 7.12 Å². The van der Waals surface area contributed by atoms with Gasteiger partial charge in [0.1, 0.15) is 12.4 Å². The zero-order valence-corrected chi connectivity index (χ0v) is 11.2. The highest BCUT2D eigenvalue weighted by Gasteiger charge is 2.17. The van der Waals surface area contributed by atoms with Crippen molar-refractivity contribution in [1.29, 1.82) is 0 Å². The van der Waals surface area contributed by atoms with Gasteiger partial charge in [-0.05, 0) is 18.9 Å². The first-order valence-corrected chi connectivity index (χ1v) is 6.18. The van der Waals surface area contributed by atoms with Crippen LogP contribution in [-0.2, 0) is 4.74 Å². The third kappa shape index (κ3) is 5.08. The normalized spacial score (nSPS) is 10.8.